The van der Waals surface area contributed by atoms with E-state index >= 15 is 0 Å². The molecule has 0 aliphatic heterocycles. The topological polar surface area (TPSA) is 108 Å². The highest BCUT2D eigenvalue weighted by atomic mass is 16.7. The third kappa shape index (κ3) is 72.3. The Morgan fingerprint density at radius 2 is 0.640 bits per heavy atom. The fourth-order valence-electron chi connectivity index (χ4n) is 11.5. The van der Waals surface area contributed by atoms with Crippen LogP contribution >= 0.6 is 0 Å². The van der Waals surface area contributed by atoms with Gasteiger partial charge in [-0.3, -0.25) is 9.59 Å². The molecule has 0 aliphatic carbocycles. The van der Waals surface area contributed by atoms with Gasteiger partial charge in [-0.2, -0.15) is 0 Å². The van der Waals surface area contributed by atoms with E-state index in [2.05, 4.69) is 74.6 Å². The number of quaternary nitrogens is 1. The van der Waals surface area contributed by atoms with Gasteiger partial charge in [-0.1, -0.05) is 364 Å². The number of carboxylic acids is 1. The van der Waals surface area contributed by atoms with E-state index in [4.69, 9.17) is 18.9 Å². The number of hydrogen-bond donors (Lipinski definition) is 1. The van der Waals surface area contributed by atoms with Gasteiger partial charge in [0.15, 0.2) is 6.10 Å². The molecule has 0 aromatic carbocycles. The van der Waals surface area contributed by atoms with Gasteiger partial charge in [0.25, 0.3) is 6.29 Å². The van der Waals surface area contributed by atoms with Gasteiger partial charge in [-0.25, -0.2) is 4.79 Å². The Balaban J connectivity index is 4.01. The van der Waals surface area contributed by atoms with Gasteiger partial charge in [0.1, 0.15) is 13.2 Å². The molecule has 9 nitrogen and oxygen atoms in total. The van der Waals surface area contributed by atoms with E-state index in [1.54, 1.807) is 0 Å². The normalized spacial score (nSPS) is 13.0. The lowest BCUT2D eigenvalue weighted by molar-refractivity contribution is -0.870. The number of allylic oxidation sites excluding steroid dienone is 10. The summed E-state index contributed by atoms with van der Waals surface area (Å²) in [4.78, 5) is 37.7. The van der Waals surface area contributed by atoms with Crippen molar-refractivity contribution < 1.29 is 42.9 Å². The molecular weight excluding hydrogens is 1100 g/mol. The Labute approximate surface area is 552 Å². The number of ether oxygens (including phenoxy) is 4. The summed E-state index contributed by atoms with van der Waals surface area (Å²) in [6, 6.07) is 0. The summed E-state index contributed by atoms with van der Waals surface area (Å²) in [5.41, 5.74) is 0. The lowest BCUT2D eigenvalue weighted by Gasteiger charge is -2.25. The number of carboxylic acid groups (broad SMARTS) is 1. The molecule has 0 saturated heterocycles. The highest BCUT2D eigenvalue weighted by Gasteiger charge is 2.25. The van der Waals surface area contributed by atoms with E-state index in [-0.39, 0.29) is 38.2 Å². The van der Waals surface area contributed by atoms with Crippen LogP contribution in [0.2, 0.25) is 0 Å². The van der Waals surface area contributed by atoms with Crippen LogP contribution in [0.3, 0.4) is 0 Å². The molecule has 1 N–H and O–H groups in total. The predicted octanol–water partition coefficient (Wildman–Crippen LogP) is 24.3. The number of aliphatic carboxylic acids is 1. The Bertz CT molecular complexity index is 1650. The SMILES string of the molecule is CC/C=C\C/C=C\C/C=C\C/C=C\C/C=C\CCCCCCCCCCCCCCCCCCCCCC(=O)OC(COC(=O)CCCCCCCCCCCCCCCCCCCCCCCCCCCCCCC)COC(OCC[N+](C)(C)C)C(=O)O. The molecule has 0 aromatic rings. The predicted molar refractivity (Wildman–Crippen MR) is 383 cm³/mol. The van der Waals surface area contributed by atoms with Crippen molar-refractivity contribution in [3.8, 4) is 0 Å². The zero-order valence-corrected chi connectivity index (χ0v) is 59.6. The first-order valence-corrected chi connectivity index (χ1v) is 38.5. The number of esters is 2. The summed E-state index contributed by atoms with van der Waals surface area (Å²) in [7, 11) is 5.99. The molecule has 0 saturated carbocycles. The molecule has 0 aromatic heterocycles. The van der Waals surface area contributed by atoms with Crippen LogP contribution in [0.25, 0.3) is 0 Å². The zero-order valence-electron chi connectivity index (χ0n) is 59.6. The minimum atomic E-state index is -1.51. The summed E-state index contributed by atoms with van der Waals surface area (Å²) in [5, 5.41) is 9.77. The third-order valence-electron chi connectivity index (χ3n) is 17.3. The summed E-state index contributed by atoms with van der Waals surface area (Å²) < 4.78 is 23.0. The van der Waals surface area contributed by atoms with E-state index in [9.17, 15) is 19.5 Å². The first-order valence-electron chi connectivity index (χ1n) is 38.5. The number of hydrogen-bond acceptors (Lipinski definition) is 7. The number of unbranched alkanes of at least 4 members (excludes halogenated alkanes) is 47. The van der Waals surface area contributed by atoms with Gasteiger partial charge in [0, 0.05) is 12.8 Å². The second-order valence-electron chi connectivity index (χ2n) is 27.3. The molecule has 0 amide bonds. The van der Waals surface area contributed by atoms with Crippen molar-refractivity contribution in [2.24, 2.45) is 0 Å². The number of rotatable bonds is 72. The van der Waals surface area contributed by atoms with Crippen molar-refractivity contribution in [3.63, 3.8) is 0 Å². The summed E-state index contributed by atoms with van der Waals surface area (Å²) in [6.45, 7) is 4.84. The van der Waals surface area contributed by atoms with Gasteiger partial charge in [0.05, 0.1) is 34.4 Å². The average Bonchev–Trinajstić information content (AvgIpc) is 3.64. The zero-order chi connectivity index (χ0) is 64.7. The third-order valence-corrected chi connectivity index (χ3v) is 17.3. The molecule has 2 atom stereocenters. The maximum absolute atomic E-state index is 13.0. The van der Waals surface area contributed by atoms with Gasteiger partial charge < -0.3 is 28.5 Å². The number of likely N-dealkylation sites (N-methyl/N-ethyl adjacent to an activating group) is 1. The molecule has 520 valence electrons. The van der Waals surface area contributed by atoms with E-state index in [0.717, 1.165) is 70.6 Å². The Morgan fingerprint density at radius 3 is 0.955 bits per heavy atom. The molecule has 0 aliphatic rings. The lowest BCUT2D eigenvalue weighted by atomic mass is 10.0. The average molecular weight is 1250 g/mol. The van der Waals surface area contributed by atoms with Crippen LogP contribution in [-0.4, -0.2) is 87.4 Å². The van der Waals surface area contributed by atoms with Crippen LogP contribution in [0.5, 0.6) is 0 Å². The molecule has 0 heterocycles. The van der Waals surface area contributed by atoms with Crippen molar-refractivity contribution in [2.45, 2.75) is 386 Å². The quantitative estimate of drug-likeness (QED) is 0.0211. The lowest BCUT2D eigenvalue weighted by Crippen LogP contribution is -2.40. The highest BCUT2D eigenvalue weighted by Crippen LogP contribution is 2.19. The fourth-order valence-corrected chi connectivity index (χ4v) is 11.5. The molecule has 2 unspecified atom stereocenters. The van der Waals surface area contributed by atoms with Gasteiger partial charge in [-0.15, -0.1) is 0 Å². The van der Waals surface area contributed by atoms with E-state index < -0.39 is 18.4 Å². The van der Waals surface area contributed by atoms with Gasteiger partial charge in [0.2, 0.25) is 0 Å². The van der Waals surface area contributed by atoms with E-state index in [1.165, 1.54) is 276 Å². The molecule has 0 fully saturated rings. The second-order valence-corrected chi connectivity index (χ2v) is 27.3. The van der Waals surface area contributed by atoms with Crippen LogP contribution in [0.1, 0.15) is 373 Å². The summed E-state index contributed by atoms with van der Waals surface area (Å²) in [6.07, 6.45) is 90.8. The van der Waals surface area contributed by atoms with Crippen LogP contribution in [0.15, 0.2) is 60.8 Å². The van der Waals surface area contributed by atoms with E-state index in [0.29, 0.717) is 17.4 Å². The van der Waals surface area contributed by atoms with Crippen molar-refractivity contribution in [1.82, 2.24) is 0 Å². The minimum Gasteiger partial charge on any atom is -0.477 e. The molecule has 0 spiro atoms. The first-order chi connectivity index (χ1) is 43.6. The Hall–Kier alpha value is -3.01. The molecule has 0 radical (unpaired) electrons. The maximum Gasteiger partial charge on any atom is 0.361 e. The standard InChI is InChI=1S/C80H147NO8/c1-6-8-10-12-14-16-18-20-22-24-26-28-30-32-34-36-37-38-39-40-41-43-45-47-49-51-53-55-57-59-61-63-65-67-69-71-78(83)89-76(75-88-80(79(84)85)86-73-72-81(3,4)5)74-87-77(82)70-68-66-64-62-60-58-56-54-52-50-48-46-44-42-35-33-31-29-27-25-23-21-19-17-15-13-11-9-7-2/h8,10,14,16,20,22,26,28,32,34,76,80H,6-7,9,11-13,15,17-19,21,23-25,27,29-31,33,35-75H2,1-5H3/p+1/b10-8-,16-14-,22-20-,28-26-,34-32-. The summed E-state index contributed by atoms with van der Waals surface area (Å²) >= 11 is 0. The Morgan fingerprint density at radius 1 is 0.348 bits per heavy atom. The molecular formula is C80H148NO8+. The van der Waals surface area contributed by atoms with Crippen LogP contribution in [0.4, 0.5) is 0 Å². The minimum absolute atomic E-state index is 0.177. The van der Waals surface area contributed by atoms with Gasteiger partial charge in [-0.05, 0) is 57.8 Å². The van der Waals surface area contributed by atoms with Crippen LogP contribution in [-0.2, 0) is 33.3 Å². The molecule has 0 bridgehead atoms. The monoisotopic (exact) mass is 1250 g/mol. The first kappa shape index (κ1) is 86.0. The number of nitrogens with zero attached hydrogens (tertiary/aromatic N) is 1. The van der Waals surface area contributed by atoms with Crippen molar-refractivity contribution in [1.29, 1.82) is 0 Å². The number of carbonyl (C=O) groups excluding carboxylic acids is 2. The molecule has 0 rings (SSSR count). The molecule has 89 heavy (non-hydrogen) atoms. The van der Waals surface area contributed by atoms with Crippen molar-refractivity contribution >= 4 is 17.9 Å². The van der Waals surface area contributed by atoms with Gasteiger partial charge >= 0.3 is 17.9 Å². The van der Waals surface area contributed by atoms with Crippen LogP contribution < -0.4 is 0 Å². The van der Waals surface area contributed by atoms with E-state index in [1.807, 2.05) is 21.1 Å². The highest BCUT2D eigenvalue weighted by molar-refractivity contribution is 5.71. The Kier molecular flexibility index (Phi) is 68.5. The fraction of sp³-hybridized carbons (Fsp3) is 0.838. The smallest absolute Gasteiger partial charge is 0.361 e. The molecule has 9 heteroatoms. The largest absolute Gasteiger partial charge is 0.477 e. The maximum atomic E-state index is 13.0. The summed E-state index contributed by atoms with van der Waals surface area (Å²) in [5.74, 6) is -1.98. The second kappa shape index (κ2) is 70.9. The van der Waals surface area contributed by atoms with Crippen LogP contribution in [0, 0.1) is 0 Å². The van der Waals surface area contributed by atoms with Crippen molar-refractivity contribution in [2.75, 3.05) is 47.5 Å². The van der Waals surface area contributed by atoms with Crippen molar-refractivity contribution in [3.05, 3.63) is 60.8 Å². The number of carbonyl (C=O) groups is 3.